The molecule has 0 atom stereocenters. The van der Waals surface area contributed by atoms with E-state index in [9.17, 15) is 25.3 Å². The average Bonchev–Trinajstić information content (AvgIpc) is 2.10. The van der Waals surface area contributed by atoms with Crippen molar-refractivity contribution in [3.05, 3.63) is 0 Å². The number of hydrogen-bond donors (Lipinski definition) is 3. The van der Waals surface area contributed by atoms with Crippen molar-refractivity contribution in [3.8, 4) is 0 Å². The number of rotatable bonds is 10. The maximum atomic E-state index is 10.5. The Labute approximate surface area is 115 Å². The molecule has 3 N–H and O–H groups in total. The normalized spacial score (nSPS) is 13.8. The van der Waals surface area contributed by atoms with Crippen LogP contribution in [0.4, 0.5) is 0 Å². The van der Waals surface area contributed by atoms with E-state index in [4.69, 9.17) is 13.7 Å². The molecule has 122 valence electrons. The Morgan fingerprint density at radius 2 is 1.05 bits per heavy atom. The van der Waals surface area contributed by atoms with E-state index in [0.29, 0.717) is 0 Å². The summed E-state index contributed by atoms with van der Waals surface area (Å²) in [5, 5.41) is 0. The summed E-state index contributed by atoms with van der Waals surface area (Å²) in [6.07, 6.45) is -2.31. The molecular weight excluding hydrogens is 348 g/mol. The van der Waals surface area contributed by atoms with Crippen LogP contribution in [0.25, 0.3) is 0 Å². The zero-order valence-corrected chi connectivity index (χ0v) is 12.1. The van der Waals surface area contributed by atoms with Crippen molar-refractivity contribution >= 4 is 31.2 Å². The van der Waals surface area contributed by atoms with E-state index in [1.54, 1.807) is 0 Å². The molecule has 0 aliphatic rings. The molecule has 0 unspecified atom stereocenters. The van der Waals surface area contributed by atoms with Crippen molar-refractivity contribution in [2.75, 3.05) is 13.2 Å². The Morgan fingerprint density at radius 1 is 0.700 bits per heavy atom. The molecule has 20 heavy (non-hydrogen) atoms. The van der Waals surface area contributed by atoms with Gasteiger partial charge in [-0.3, -0.25) is 13.7 Å². The molecule has 0 aliphatic carbocycles. The van der Waals surface area contributed by atoms with Gasteiger partial charge in [-0.25, -0.2) is 12.5 Å². The van der Waals surface area contributed by atoms with Crippen molar-refractivity contribution in [3.63, 3.8) is 0 Å². The van der Waals surface area contributed by atoms with E-state index in [2.05, 4.69) is 12.5 Å². The molecule has 0 aromatic carbocycles. The van der Waals surface area contributed by atoms with Gasteiger partial charge in [0.15, 0.2) is 0 Å². The highest BCUT2D eigenvalue weighted by Gasteiger charge is 2.19. The Kier molecular flexibility index (Phi) is 7.42. The minimum Gasteiger partial charge on any atom is -0.264 e. The maximum absolute atomic E-state index is 10.5. The van der Waals surface area contributed by atoms with Crippen molar-refractivity contribution in [2.45, 2.75) is 18.9 Å². The SMILES string of the molecule is O=S(=O)(O)OCCC(CCOS(=O)(=O)O)OS(=O)(=O)O. The minimum atomic E-state index is -4.89. The predicted molar refractivity (Wildman–Crippen MR) is 60.7 cm³/mol. The standard InChI is InChI=1S/C5H12O12S3/c6-18(7,8)15-3-1-5(17-20(12,13)14)2-4-16-19(9,10)11/h5H,1-4H2,(H,6,7,8)(H,9,10,11)(H,12,13,14). The second kappa shape index (κ2) is 7.57. The van der Waals surface area contributed by atoms with E-state index in [-0.39, 0.29) is 0 Å². The van der Waals surface area contributed by atoms with Crippen molar-refractivity contribution < 1.29 is 51.5 Å². The van der Waals surface area contributed by atoms with E-state index in [0.717, 1.165) is 0 Å². The summed E-state index contributed by atoms with van der Waals surface area (Å²) in [6.45, 7) is -1.41. The average molecular weight is 360 g/mol. The first-order chi connectivity index (χ1) is 8.79. The number of hydrogen-bond acceptors (Lipinski definition) is 9. The van der Waals surface area contributed by atoms with Gasteiger partial charge in [0.05, 0.1) is 19.3 Å². The van der Waals surface area contributed by atoms with Crippen LogP contribution in [0.5, 0.6) is 0 Å². The molecule has 15 heteroatoms. The topological polar surface area (TPSA) is 191 Å². The highest BCUT2D eigenvalue weighted by Crippen LogP contribution is 2.09. The fraction of sp³-hybridized carbons (Fsp3) is 1.00. The summed E-state index contributed by atoms with van der Waals surface area (Å²) < 4.78 is 98.7. The Balaban J connectivity index is 4.42. The van der Waals surface area contributed by atoms with E-state index in [1.807, 2.05) is 0 Å². The van der Waals surface area contributed by atoms with Gasteiger partial charge in [0.25, 0.3) is 0 Å². The summed E-state index contributed by atoms with van der Waals surface area (Å²) in [5.74, 6) is 0. The molecule has 0 aromatic rings. The Morgan fingerprint density at radius 3 is 1.30 bits per heavy atom. The first-order valence-electron chi connectivity index (χ1n) is 4.68. The van der Waals surface area contributed by atoms with Crippen LogP contribution in [0.3, 0.4) is 0 Å². The molecule has 0 bridgehead atoms. The smallest absolute Gasteiger partial charge is 0.264 e. The molecule has 0 rings (SSSR count). The summed E-state index contributed by atoms with van der Waals surface area (Å²) in [6, 6.07) is 0. The van der Waals surface area contributed by atoms with Gasteiger partial charge in [-0.1, -0.05) is 0 Å². The summed E-state index contributed by atoms with van der Waals surface area (Å²) in [4.78, 5) is 0. The van der Waals surface area contributed by atoms with Crippen LogP contribution < -0.4 is 0 Å². The molecule has 0 heterocycles. The largest absolute Gasteiger partial charge is 0.397 e. The maximum Gasteiger partial charge on any atom is 0.397 e. The lowest BCUT2D eigenvalue weighted by atomic mass is 10.2. The molecule has 0 amide bonds. The third-order valence-electron chi connectivity index (χ3n) is 1.60. The highest BCUT2D eigenvalue weighted by molar-refractivity contribution is 7.81. The van der Waals surface area contributed by atoms with Crippen LogP contribution in [0.2, 0.25) is 0 Å². The van der Waals surface area contributed by atoms with Gasteiger partial charge in [-0.15, -0.1) is 0 Å². The first kappa shape index (κ1) is 19.6. The van der Waals surface area contributed by atoms with Gasteiger partial charge in [-0.05, 0) is 0 Å². The quantitative estimate of drug-likeness (QED) is 0.386. The van der Waals surface area contributed by atoms with Crippen molar-refractivity contribution in [2.24, 2.45) is 0 Å². The third-order valence-corrected chi connectivity index (χ3v) is 3.05. The Bertz CT molecular complexity index is 547. The molecule has 0 spiro atoms. The van der Waals surface area contributed by atoms with Crippen LogP contribution >= 0.6 is 0 Å². The lowest BCUT2D eigenvalue weighted by molar-refractivity contribution is 0.121. The van der Waals surface area contributed by atoms with E-state index >= 15 is 0 Å². The lowest BCUT2D eigenvalue weighted by Gasteiger charge is -2.14. The van der Waals surface area contributed by atoms with Gasteiger partial charge in [0, 0.05) is 12.8 Å². The molecule has 0 radical (unpaired) electrons. The molecule has 0 aromatic heterocycles. The third kappa shape index (κ3) is 14.0. The van der Waals surface area contributed by atoms with Gasteiger partial charge < -0.3 is 0 Å². The van der Waals surface area contributed by atoms with Gasteiger partial charge in [0.1, 0.15) is 0 Å². The monoisotopic (exact) mass is 360 g/mol. The van der Waals surface area contributed by atoms with Crippen LogP contribution in [0, 0.1) is 0 Å². The van der Waals surface area contributed by atoms with Crippen LogP contribution in [-0.4, -0.2) is 58.2 Å². The van der Waals surface area contributed by atoms with E-state index in [1.165, 1.54) is 0 Å². The zero-order chi connectivity index (χ0) is 16.0. The molecule has 0 fully saturated rings. The van der Waals surface area contributed by atoms with E-state index < -0.39 is 63.4 Å². The van der Waals surface area contributed by atoms with Crippen LogP contribution in [0.15, 0.2) is 0 Å². The fourth-order valence-corrected chi connectivity index (χ4v) is 2.13. The lowest BCUT2D eigenvalue weighted by Crippen LogP contribution is -2.23. The second-order valence-electron chi connectivity index (χ2n) is 3.22. The molecule has 12 nitrogen and oxygen atoms in total. The summed E-state index contributed by atoms with van der Waals surface area (Å²) in [5.41, 5.74) is 0. The van der Waals surface area contributed by atoms with Crippen molar-refractivity contribution in [1.82, 2.24) is 0 Å². The van der Waals surface area contributed by atoms with Gasteiger partial charge >= 0.3 is 31.2 Å². The summed E-state index contributed by atoms with van der Waals surface area (Å²) in [7, 11) is -14.4. The molecule has 0 saturated heterocycles. The first-order valence-corrected chi connectivity index (χ1v) is 8.77. The van der Waals surface area contributed by atoms with Crippen LogP contribution in [-0.2, 0) is 43.7 Å². The van der Waals surface area contributed by atoms with Gasteiger partial charge in [-0.2, -0.15) is 25.3 Å². The Hall–Kier alpha value is -0.390. The minimum absolute atomic E-state index is 0.450. The highest BCUT2D eigenvalue weighted by atomic mass is 32.3. The molecular formula is C5H12O12S3. The van der Waals surface area contributed by atoms with Crippen LogP contribution in [0.1, 0.15) is 12.8 Å². The molecule has 0 saturated carbocycles. The molecule has 0 aliphatic heterocycles. The van der Waals surface area contributed by atoms with Crippen molar-refractivity contribution in [1.29, 1.82) is 0 Å². The second-order valence-corrected chi connectivity index (χ2v) is 6.45. The summed E-state index contributed by atoms with van der Waals surface area (Å²) >= 11 is 0. The van der Waals surface area contributed by atoms with Gasteiger partial charge in [0.2, 0.25) is 0 Å². The predicted octanol–water partition coefficient (Wildman–Crippen LogP) is -1.41. The fourth-order valence-electron chi connectivity index (χ4n) is 0.982. The zero-order valence-electron chi connectivity index (χ0n) is 9.65.